The molecule has 23 heavy (non-hydrogen) atoms. The van der Waals surface area contributed by atoms with Gasteiger partial charge >= 0.3 is 0 Å². The van der Waals surface area contributed by atoms with E-state index in [1.165, 1.54) is 0 Å². The highest BCUT2D eigenvalue weighted by molar-refractivity contribution is 5.74. The Labute approximate surface area is 132 Å². The van der Waals surface area contributed by atoms with Crippen molar-refractivity contribution in [2.45, 2.75) is 0 Å². The van der Waals surface area contributed by atoms with E-state index in [1.54, 1.807) is 6.20 Å². The lowest BCUT2D eigenvalue weighted by atomic mass is 10.3. The Kier molecular flexibility index (Phi) is 4.77. The average Bonchev–Trinajstić information content (AvgIpc) is 3.37. The van der Waals surface area contributed by atoms with Gasteiger partial charge in [-0.15, -0.1) is 0 Å². The van der Waals surface area contributed by atoms with Crippen LogP contribution in [0.2, 0.25) is 0 Å². The lowest BCUT2D eigenvalue weighted by Gasteiger charge is -1.82. The molecule has 4 heterocycles. The molecule has 0 bridgehead atoms. The Morgan fingerprint density at radius 1 is 0.696 bits per heavy atom. The van der Waals surface area contributed by atoms with Gasteiger partial charge in [-0.05, 0) is 42.5 Å². The summed E-state index contributed by atoms with van der Waals surface area (Å²) in [6.45, 7) is 0. The normalized spacial score (nSPS) is 9.74. The minimum absolute atomic E-state index is 0.914. The highest BCUT2D eigenvalue weighted by atomic mass is 15.3. The van der Waals surface area contributed by atoms with Crippen molar-refractivity contribution in [1.82, 2.24) is 30.4 Å². The summed E-state index contributed by atoms with van der Waals surface area (Å²) in [5.41, 5.74) is 2.78. The van der Waals surface area contributed by atoms with Crippen LogP contribution in [-0.4, -0.2) is 30.4 Å². The van der Waals surface area contributed by atoms with Crippen LogP contribution in [0.1, 0.15) is 0 Å². The fourth-order valence-corrected chi connectivity index (χ4v) is 1.95. The second-order valence-corrected chi connectivity index (χ2v) is 4.62. The summed E-state index contributed by atoms with van der Waals surface area (Å²) in [5.74, 6) is 0. The van der Waals surface area contributed by atoms with Gasteiger partial charge in [0.05, 0.1) is 0 Å². The standard InChI is InChI=1S/C7H6N2.C6H5N3.C4H5N/c1-2-6-3-5-9-7(6)8-4-1;1-2-4-6-5(3-1)7-9-8-6;1-2-4-5-3-1/h1-5H,(H,8,9);1-4H,(H,7,8,9);1-5H. The maximum atomic E-state index is 4.09. The molecule has 0 saturated carbocycles. The van der Waals surface area contributed by atoms with Gasteiger partial charge in [0.2, 0.25) is 0 Å². The van der Waals surface area contributed by atoms with Gasteiger partial charge in [-0.1, -0.05) is 12.1 Å². The van der Waals surface area contributed by atoms with Gasteiger partial charge in [0.1, 0.15) is 16.7 Å². The molecule has 0 radical (unpaired) electrons. The number of rotatable bonds is 0. The van der Waals surface area contributed by atoms with Crippen LogP contribution in [0, 0.1) is 0 Å². The van der Waals surface area contributed by atoms with Crippen LogP contribution < -0.4 is 0 Å². The summed E-state index contributed by atoms with van der Waals surface area (Å²) < 4.78 is 0. The van der Waals surface area contributed by atoms with Crippen molar-refractivity contribution in [2.75, 3.05) is 0 Å². The van der Waals surface area contributed by atoms with E-state index in [-0.39, 0.29) is 0 Å². The lowest BCUT2D eigenvalue weighted by Crippen LogP contribution is -1.70. The monoisotopic (exact) mass is 304 g/mol. The van der Waals surface area contributed by atoms with E-state index in [0.717, 1.165) is 22.1 Å². The van der Waals surface area contributed by atoms with Crippen LogP contribution in [0.3, 0.4) is 0 Å². The second-order valence-electron chi connectivity index (χ2n) is 4.62. The Morgan fingerprint density at radius 2 is 1.43 bits per heavy atom. The quantitative estimate of drug-likeness (QED) is 0.409. The zero-order valence-electron chi connectivity index (χ0n) is 12.3. The molecule has 0 aliphatic heterocycles. The van der Waals surface area contributed by atoms with Gasteiger partial charge in [-0.2, -0.15) is 15.4 Å². The molecule has 0 aliphatic carbocycles. The summed E-state index contributed by atoms with van der Waals surface area (Å²) in [5, 5.41) is 11.5. The van der Waals surface area contributed by atoms with Gasteiger partial charge in [0.25, 0.3) is 0 Å². The van der Waals surface area contributed by atoms with Crippen LogP contribution in [-0.2, 0) is 0 Å². The SMILES string of the molecule is c1cc[nH]c1.c1ccc2n[nH]nc2c1.c1cnc2[nH]ccc2c1. The summed E-state index contributed by atoms with van der Waals surface area (Å²) >= 11 is 0. The first-order valence-corrected chi connectivity index (χ1v) is 7.15. The van der Waals surface area contributed by atoms with Crippen molar-refractivity contribution >= 4 is 22.1 Å². The number of hydrogen-bond donors (Lipinski definition) is 3. The highest BCUT2D eigenvalue weighted by Crippen LogP contribution is 2.05. The molecule has 5 aromatic rings. The molecule has 4 aromatic heterocycles. The molecule has 0 fully saturated rings. The third-order valence-corrected chi connectivity index (χ3v) is 3.04. The van der Waals surface area contributed by atoms with Crippen LogP contribution in [0.25, 0.3) is 22.1 Å². The molecule has 1 aromatic carbocycles. The maximum absolute atomic E-state index is 4.09. The molecule has 0 saturated heterocycles. The zero-order chi connectivity index (χ0) is 15.7. The Bertz CT molecular complexity index is 792. The summed E-state index contributed by atoms with van der Waals surface area (Å²) in [4.78, 5) is 9.96. The van der Waals surface area contributed by atoms with E-state index in [9.17, 15) is 0 Å². The smallest absolute Gasteiger partial charge is 0.137 e. The van der Waals surface area contributed by atoms with Crippen molar-refractivity contribution in [3.8, 4) is 0 Å². The van der Waals surface area contributed by atoms with Crippen LogP contribution in [0.4, 0.5) is 0 Å². The molecule has 6 heteroatoms. The number of pyridine rings is 1. The lowest BCUT2D eigenvalue weighted by molar-refractivity contribution is 0.959. The summed E-state index contributed by atoms with van der Waals surface area (Å²) in [7, 11) is 0. The molecule has 0 atom stereocenters. The number of para-hydroxylation sites is 2. The van der Waals surface area contributed by atoms with Crippen molar-refractivity contribution < 1.29 is 0 Å². The first-order chi connectivity index (χ1) is 11.4. The number of nitrogens with one attached hydrogen (secondary N) is 3. The largest absolute Gasteiger partial charge is 0.368 e. The number of hydrogen-bond acceptors (Lipinski definition) is 3. The molecule has 0 spiro atoms. The minimum Gasteiger partial charge on any atom is -0.368 e. The summed E-state index contributed by atoms with van der Waals surface area (Å²) in [6, 6.07) is 17.5. The second kappa shape index (κ2) is 7.56. The van der Waals surface area contributed by atoms with E-state index >= 15 is 0 Å². The topological polar surface area (TPSA) is 86.0 Å². The van der Waals surface area contributed by atoms with Gasteiger partial charge in [0.15, 0.2) is 0 Å². The van der Waals surface area contributed by atoms with Crippen molar-refractivity contribution in [1.29, 1.82) is 0 Å². The number of benzene rings is 1. The maximum Gasteiger partial charge on any atom is 0.137 e. The minimum atomic E-state index is 0.914. The van der Waals surface area contributed by atoms with Gasteiger partial charge < -0.3 is 9.97 Å². The third kappa shape index (κ3) is 4.04. The number of fused-ring (bicyclic) bond motifs is 2. The third-order valence-electron chi connectivity index (χ3n) is 3.04. The molecule has 3 N–H and O–H groups in total. The fourth-order valence-electron chi connectivity index (χ4n) is 1.95. The molecule has 114 valence electrons. The van der Waals surface area contributed by atoms with Crippen LogP contribution in [0.5, 0.6) is 0 Å². The summed E-state index contributed by atoms with van der Waals surface area (Å²) in [6.07, 6.45) is 7.41. The molecular formula is C17H16N6. The van der Waals surface area contributed by atoms with Crippen molar-refractivity contribution in [2.24, 2.45) is 0 Å². The molecule has 0 aliphatic rings. The zero-order valence-corrected chi connectivity index (χ0v) is 12.3. The predicted molar refractivity (Wildman–Crippen MR) is 90.8 cm³/mol. The molecule has 5 rings (SSSR count). The Morgan fingerprint density at radius 3 is 2.04 bits per heavy atom. The average molecular weight is 304 g/mol. The van der Waals surface area contributed by atoms with E-state index in [1.807, 2.05) is 73.2 Å². The number of aromatic amines is 3. The van der Waals surface area contributed by atoms with E-state index in [2.05, 4.69) is 30.4 Å². The molecular weight excluding hydrogens is 288 g/mol. The number of H-pyrrole nitrogens is 3. The molecule has 0 unspecified atom stereocenters. The highest BCUT2D eigenvalue weighted by Gasteiger charge is 1.90. The van der Waals surface area contributed by atoms with E-state index in [0.29, 0.717) is 0 Å². The Hall–Kier alpha value is -3.41. The van der Waals surface area contributed by atoms with Gasteiger partial charge in [-0.3, -0.25) is 0 Å². The van der Waals surface area contributed by atoms with Crippen LogP contribution in [0.15, 0.2) is 79.4 Å². The van der Waals surface area contributed by atoms with Gasteiger partial charge in [0, 0.05) is 30.2 Å². The van der Waals surface area contributed by atoms with E-state index in [4.69, 9.17) is 0 Å². The Balaban J connectivity index is 0.000000107. The van der Waals surface area contributed by atoms with Gasteiger partial charge in [-0.25, -0.2) is 4.98 Å². The fraction of sp³-hybridized carbons (Fsp3) is 0. The predicted octanol–water partition coefficient (Wildman–Crippen LogP) is 3.54. The van der Waals surface area contributed by atoms with Crippen LogP contribution >= 0.6 is 0 Å². The molecule has 6 nitrogen and oxygen atoms in total. The first-order valence-electron chi connectivity index (χ1n) is 7.15. The van der Waals surface area contributed by atoms with Crippen molar-refractivity contribution in [3.63, 3.8) is 0 Å². The number of nitrogens with zero attached hydrogens (tertiary/aromatic N) is 3. The first kappa shape index (κ1) is 14.5. The molecule has 0 amide bonds. The number of aromatic nitrogens is 6. The van der Waals surface area contributed by atoms with Crippen molar-refractivity contribution in [3.05, 3.63) is 79.4 Å². The van der Waals surface area contributed by atoms with E-state index < -0.39 is 0 Å².